The molecule has 0 heterocycles. The molecule has 2 atom stereocenters. The lowest BCUT2D eigenvalue weighted by Crippen LogP contribution is -2.38. The zero-order valence-corrected chi connectivity index (χ0v) is 11.8. The van der Waals surface area contributed by atoms with Crippen molar-refractivity contribution in [2.24, 2.45) is 5.73 Å². The number of carbonyl (C=O) groups excluding carboxylic acids is 1. The molecule has 2 unspecified atom stereocenters. The van der Waals surface area contributed by atoms with E-state index in [4.69, 9.17) is 5.73 Å². The van der Waals surface area contributed by atoms with Crippen LogP contribution in [0.5, 0.6) is 0 Å². The van der Waals surface area contributed by atoms with Gasteiger partial charge in [-0.3, -0.25) is 4.79 Å². The topological polar surface area (TPSA) is 55.1 Å². The number of halogens is 1. The van der Waals surface area contributed by atoms with Crippen LogP contribution in [-0.4, -0.2) is 18.5 Å². The van der Waals surface area contributed by atoms with Crippen molar-refractivity contribution in [1.29, 1.82) is 0 Å². The first-order chi connectivity index (χ1) is 8.02. The molecule has 0 saturated heterocycles. The minimum Gasteiger partial charge on any atom is -0.352 e. The maximum atomic E-state index is 11.7. The summed E-state index contributed by atoms with van der Waals surface area (Å²) in [6.07, 6.45) is 0.492. The fraction of sp³-hybridized carbons (Fsp3) is 0.462. The van der Waals surface area contributed by atoms with Crippen molar-refractivity contribution in [3.63, 3.8) is 0 Å². The van der Waals surface area contributed by atoms with Crippen LogP contribution in [0.1, 0.15) is 31.7 Å². The Hall–Kier alpha value is -0.870. The molecule has 94 valence electrons. The standard InChI is InChI=1S/C13H19BrN2O/c1-9(7-13(17)16-10(2)8-15)11-3-5-12(14)6-4-11/h3-6,9-10H,7-8,15H2,1-2H3,(H,16,17). The Labute approximate surface area is 111 Å². The van der Waals surface area contributed by atoms with Crippen LogP contribution in [0.3, 0.4) is 0 Å². The lowest BCUT2D eigenvalue weighted by molar-refractivity contribution is -0.121. The molecule has 0 aromatic heterocycles. The SMILES string of the molecule is CC(CN)NC(=O)CC(C)c1ccc(Br)cc1. The molecular weight excluding hydrogens is 280 g/mol. The second-order valence-electron chi connectivity index (χ2n) is 4.36. The molecule has 1 amide bonds. The fourth-order valence-electron chi connectivity index (χ4n) is 1.58. The molecule has 0 radical (unpaired) electrons. The Morgan fingerprint density at radius 2 is 1.94 bits per heavy atom. The first kappa shape index (κ1) is 14.2. The van der Waals surface area contributed by atoms with Crippen LogP contribution in [0.2, 0.25) is 0 Å². The average Bonchev–Trinajstić information content (AvgIpc) is 2.29. The zero-order chi connectivity index (χ0) is 12.8. The summed E-state index contributed by atoms with van der Waals surface area (Å²) in [6.45, 7) is 4.43. The third-order valence-electron chi connectivity index (χ3n) is 2.69. The highest BCUT2D eigenvalue weighted by atomic mass is 79.9. The molecule has 4 heteroatoms. The maximum absolute atomic E-state index is 11.7. The summed E-state index contributed by atoms with van der Waals surface area (Å²) in [5.41, 5.74) is 6.63. The van der Waals surface area contributed by atoms with Gasteiger partial charge in [0.1, 0.15) is 0 Å². The van der Waals surface area contributed by atoms with Gasteiger partial charge >= 0.3 is 0 Å². The molecule has 1 aromatic rings. The van der Waals surface area contributed by atoms with Gasteiger partial charge in [0, 0.05) is 23.5 Å². The van der Waals surface area contributed by atoms with E-state index >= 15 is 0 Å². The lowest BCUT2D eigenvalue weighted by atomic mass is 9.97. The molecule has 0 fully saturated rings. The third kappa shape index (κ3) is 4.88. The van der Waals surface area contributed by atoms with Crippen molar-refractivity contribution in [3.05, 3.63) is 34.3 Å². The van der Waals surface area contributed by atoms with Gasteiger partial charge in [-0.15, -0.1) is 0 Å². The Kier molecular flexibility index (Phi) is 5.65. The Morgan fingerprint density at radius 1 is 1.35 bits per heavy atom. The maximum Gasteiger partial charge on any atom is 0.220 e. The molecule has 1 rings (SSSR count). The van der Waals surface area contributed by atoms with E-state index in [-0.39, 0.29) is 17.9 Å². The predicted molar refractivity (Wildman–Crippen MR) is 73.8 cm³/mol. The van der Waals surface area contributed by atoms with Crippen LogP contribution in [0.25, 0.3) is 0 Å². The molecule has 0 aliphatic carbocycles. The summed E-state index contributed by atoms with van der Waals surface area (Å²) in [5, 5.41) is 2.87. The Bertz CT molecular complexity index is 364. The van der Waals surface area contributed by atoms with Crippen molar-refractivity contribution < 1.29 is 4.79 Å². The van der Waals surface area contributed by atoms with Crippen LogP contribution < -0.4 is 11.1 Å². The van der Waals surface area contributed by atoms with Crippen molar-refractivity contribution in [3.8, 4) is 0 Å². The molecule has 0 aliphatic heterocycles. The zero-order valence-electron chi connectivity index (χ0n) is 10.2. The minimum atomic E-state index is 0.0413. The summed E-state index contributed by atoms with van der Waals surface area (Å²) in [5.74, 6) is 0.270. The first-order valence-electron chi connectivity index (χ1n) is 5.77. The van der Waals surface area contributed by atoms with Gasteiger partial charge in [-0.1, -0.05) is 35.0 Å². The second-order valence-corrected chi connectivity index (χ2v) is 5.28. The van der Waals surface area contributed by atoms with Gasteiger partial charge in [0.2, 0.25) is 5.91 Å². The predicted octanol–water partition coefficient (Wildman–Crippen LogP) is 2.41. The highest BCUT2D eigenvalue weighted by Gasteiger charge is 2.12. The molecule has 1 aromatic carbocycles. The first-order valence-corrected chi connectivity index (χ1v) is 6.57. The monoisotopic (exact) mass is 298 g/mol. The van der Waals surface area contributed by atoms with E-state index in [2.05, 4.69) is 28.2 Å². The average molecular weight is 299 g/mol. The molecule has 17 heavy (non-hydrogen) atoms. The van der Waals surface area contributed by atoms with Gasteiger partial charge in [-0.05, 0) is 30.5 Å². The Morgan fingerprint density at radius 3 is 2.47 bits per heavy atom. The van der Waals surface area contributed by atoms with Crippen molar-refractivity contribution in [1.82, 2.24) is 5.32 Å². The minimum absolute atomic E-state index is 0.0413. The number of hydrogen-bond donors (Lipinski definition) is 2. The van der Waals surface area contributed by atoms with E-state index in [9.17, 15) is 4.79 Å². The van der Waals surface area contributed by atoms with E-state index in [1.54, 1.807) is 0 Å². The number of nitrogens with two attached hydrogens (primary N) is 1. The van der Waals surface area contributed by atoms with Gasteiger partial charge in [-0.2, -0.15) is 0 Å². The van der Waals surface area contributed by atoms with Crippen LogP contribution in [-0.2, 0) is 4.79 Å². The van der Waals surface area contributed by atoms with Crippen molar-refractivity contribution in [2.45, 2.75) is 32.2 Å². The molecule has 3 N–H and O–H groups in total. The van der Waals surface area contributed by atoms with Crippen LogP contribution in [0.4, 0.5) is 0 Å². The largest absolute Gasteiger partial charge is 0.352 e. The van der Waals surface area contributed by atoms with Gasteiger partial charge in [0.05, 0.1) is 0 Å². The van der Waals surface area contributed by atoms with Gasteiger partial charge in [0.25, 0.3) is 0 Å². The van der Waals surface area contributed by atoms with Crippen LogP contribution in [0.15, 0.2) is 28.7 Å². The third-order valence-corrected chi connectivity index (χ3v) is 3.22. The summed E-state index contributed by atoms with van der Waals surface area (Å²) >= 11 is 3.39. The molecule has 0 saturated carbocycles. The van der Waals surface area contributed by atoms with Gasteiger partial charge in [0.15, 0.2) is 0 Å². The summed E-state index contributed by atoms with van der Waals surface area (Å²) < 4.78 is 1.05. The summed E-state index contributed by atoms with van der Waals surface area (Å²) in [7, 11) is 0. The number of carbonyl (C=O) groups is 1. The molecular formula is C13H19BrN2O. The van der Waals surface area contributed by atoms with E-state index in [1.807, 2.05) is 31.2 Å². The highest BCUT2D eigenvalue weighted by molar-refractivity contribution is 9.10. The van der Waals surface area contributed by atoms with Gasteiger partial charge in [-0.25, -0.2) is 0 Å². The molecule has 3 nitrogen and oxygen atoms in total. The van der Waals surface area contributed by atoms with E-state index < -0.39 is 0 Å². The van der Waals surface area contributed by atoms with Gasteiger partial charge < -0.3 is 11.1 Å². The Balaban J connectivity index is 2.51. The normalized spacial score (nSPS) is 14.1. The van der Waals surface area contributed by atoms with Crippen molar-refractivity contribution in [2.75, 3.05) is 6.54 Å². The molecule has 0 aliphatic rings. The number of benzene rings is 1. The van der Waals surface area contributed by atoms with Crippen LogP contribution >= 0.6 is 15.9 Å². The number of nitrogens with one attached hydrogen (secondary N) is 1. The van der Waals surface area contributed by atoms with E-state index in [1.165, 1.54) is 5.56 Å². The summed E-state index contributed by atoms with van der Waals surface area (Å²) in [6, 6.07) is 8.10. The molecule has 0 spiro atoms. The highest BCUT2D eigenvalue weighted by Crippen LogP contribution is 2.21. The smallest absolute Gasteiger partial charge is 0.220 e. The van der Waals surface area contributed by atoms with Crippen LogP contribution in [0, 0.1) is 0 Å². The lowest BCUT2D eigenvalue weighted by Gasteiger charge is -2.15. The summed E-state index contributed by atoms with van der Waals surface area (Å²) in [4.78, 5) is 11.7. The second kappa shape index (κ2) is 6.77. The molecule has 0 bridgehead atoms. The number of rotatable bonds is 5. The number of hydrogen-bond acceptors (Lipinski definition) is 2. The fourth-order valence-corrected chi connectivity index (χ4v) is 1.84. The quantitative estimate of drug-likeness (QED) is 0.877. The van der Waals surface area contributed by atoms with E-state index in [0.717, 1.165) is 4.47 Å². The van der Waals surface area contributed by atoms with Crippen molar-refractivity contribution >= 4 is 21.8 Å². The van der Waals surface area contributed by atoms with E-state index in [0.29, 0.717) is 13.0 Å². The number of amides is 1.